The Bertz CT molecular complexity index is 360. The van der Waals surface area contributed by atoms with Crippen molar-refractivity contribution in [1.29, 1.82) is 0 Å². The van der Waals surface area contributed by atoms with Crippen LogP contribution in [0.1, 0.15) is 24.2 Å². The number of rotatable bonds is 4. The van der Waals surface area contributed by atoms with Crippen molar-refractivity contribution < 1.29 is 9.53 Å². The second-order valence-electron chi connectivity index (χ2n) is 3.19. The summed E-state index contributed by atoms with van der Waals surface area (Å²) in [6.45, 7) is 5.60. The highest BCUT2D eigenvalue weighted by atomic mass is 16.5. The van der Waals surface area contributed by atoms with E-state index in [1.807, 2.05) is 31.2 Å². The number of hydrogen-bond acceptors (Lipinski definition) is 3. The summed E-state index contributed by atoms with van der Waals surface area (Å²) in [7, 11) is 0. The fraction of sp³-hybridized carbons (Fsp3) is 0.250. The van der Waals surface area contributed by atoms with Crippen LogP contribution in [0.3, 0.4) is 0 Å². The van der Waals surface area contributed by atoms with Gasteiger partial charge in [0, 0.05) is 12.6 Å². The monoisotopic (exact) mass is 205 g/mol. The standard InChI is InChI=1S/C12H15NO2/c1-3-12(14)15-9(2)11-7-5-4-6-10(11)8-13/h3-7,9H,1,8,13H2,2H3. The van der Waals surface area contributed by atoms with E-state index in [1.54, 1.807) is 0 Å². The first kappa shape index (κ1) is 11.5. The summed E-state index contributed by atoms with van der Waals surface area (Å²) in [5, 5.41) is 0. The molecular formula is C12H15NO2. The molecule has 2 N–H and O–H groups in total. The Labute approximate surface area is 89.5 Å². The number of carbonyl (C=O) groups excluding carboxylic acids is 1. The van der Waals surface area contributed by atoms with Gasteiger partial charge in [0.05, 0.1) is 0 Å². The normalized spacial score (nSPS) is 11.9. The van der Waals surface area contributed by atoms with Gasteiger partial charge >= 0.3 is 5.97 Å². The van der Waals surface area contributed by atoms with Gasteiger partial charge in [-0.3, -0.25) is 0 Å². The van der Waals surface area contributed by atoms with Crippen LogP contribution < -0.4 is 5.73 Å². The highest BCUT2D eigenvalue weighted by molar-refractivity contribution is 5.81. The minimum absolute atomic E-state index is 0.296. The first-order valence-corrected chi connectivity index (χ1v) is 4.80. The maximum Gasteiger partial charge on any atom is 0.330 e. The van der Waals surface area contributed by atoms with Crippen LogP contribution >= 0.6 is 0 Å². The zero-order valence-corrected chi connectivity index (χ0v) is 8.77. The van der Waals surface area contributed by atoms with E-state index in [0.29, 0.717) is 6.54 Å². The number of hydrogen-bond donors (Lipinski definition) is 1. The number of benzene rings is 1. The molecule has 0 aliphatic carbocycles. The van der Waals surface area contributed by atoms with Gasteiger partial charge < -0.3 is 10.5 Å². The Kier molecular flexibility index (Phi) is 4.06. The Morgan fingerprint density at radius 1 is 1.60 bits per heavy atom. The van der Waals surface area contributed by atoms with Crippen LogP contribution in [0.2, 0.25) is 0 Å². The Hall–Kier alpha value is -1.61. The third-order valence-electron chi connectivity index (χ3n) is 2.17. The fourth-order valence-corrected chi connectivity index (χ4v) is 1.40. The molecule has 1 aromatic rings. The van der Waals surface area contributed by atoms with Crippen molar-refractivity contribution in [3.05, 3.63) is 48.0 Å². The average Bonchev–Trinajstić information content (AvgIpc) is 2.28. The molecule has 0 aromatic heterocycles. The lowest BCUT2D eigenvalue weighted by Crippen LogP contribution is -2.10. The largest absolute Gasteiger partial charge is 0.455 e. The van der Waals surface area contributed by atoms with Crippen LogP contribution in [-0.2, 0) is 16.1 Å². The molecule has 0 bridgehead atoms. The number of esters is 1. The Morgan fingerprint density at radius 3 is 2.87 bits per heavy atom. The van der Waals surface area contributed by atoms with Crippen LogP contribution in [0, 0.1) is 0 Å². The van der Waals surface area contributed by atoms with Crippen LogP contribution in [0.4, 0.5) is 0 Å². The summed E-state index contributed by atoms with van der Waals surface area (Å²) in [5.74, 6) is -0.422. The van der Waals surface area contributed by atoms with Crippen molar-refractivity contribution in [2.45, 2.75) is 19.6 Å². The van der Waals surface area contributed by atoms with E-state index >= 15 is 0 Å². The first-order valence-electron chi connectivity index (χ1n) is 4.80. The highest BCUT2D eigenvalue weighted by Gasteiger charge is 2.12. The lowest BCUT2D eigenvalue weighted by molar-refractivity contribution is -0.142. The van der Waals surface area contributed by atoms with E-state index in [1.165, 1.54) is 0 Å². The maximum absolute atomic E-state index is 11.0. The van der Waals surface area contributed by atoms with E-state index < -0.39 is 5.97 Å². The molecule has 0 radical (unpaired) electrons. The smallest absolute Gasteiger partial charge is 0.330 e. The quantitative estimate of drug-likeness (QED) is 0.603. The molecule has 3 nitrogen and oxygen atoms in total. The minimum atomic E-state index is -0.422. The summed E-state index contributed by atoms with van der Waals surface area (Å²) in [4.78, 5) is 11.0. The van der Waals surface area contributed by atoms with E-state index in [2.05, 4.69) is 6.58 Å². The molecule has 1 aromatic carbocycles. The predicted octanol–water partition coefficient (Wildman–Crippen LogP) is 1.94. The molecule has 80 valence electrons. The van der Waals surface area contributed by atoms with E-state index in [0.717, 1.165) is 17.2 Å². The van der Waals surface area contributed by atoms with E-state index in [9.17, 15) is 4.79 Å². The predicted molar refractivity (Wildman–Crippen MR) is 59.0 cm³/mol. The zero-order chi connectivity index (χ0) is 11.3. The third-order valence-corrected chi connectivity index (χ3v) is 2.17. The van der Waals surface area contributed by atoms with Crippen molar-refractivity contribution >= 4 is 5.97 Å². The molecule has 3 heteroatoms. The second kappa shape index (κ2) is 5.32. The average molecular weight is 205 g/mol. The van der Waals surface area contributed by atoms with Crippen molar-refractivity contribution in [2.24, 2.45) is 5.73 Å². The summed E-state index contributed by atoms with van der Waals surface area (Å²) in [6, 6.07) is 7.64. The number of nitrogens with two attached hydrogens (primary N) is 1. The van der Waals surface area contributed by atoms with E-state index in [-0.39, 0.29) is 6.10 Å². The number of carbonyl (C=O) groups is 1. The van der Waals surface area contributed by atoms with Gasteiger partial charge in [0.25, 0.3) is 0 Å². The molecular weight excluding hydrogens is 190 g/mol. The molecule has 1 atom stereocenters. The van der Waals surface area contributed by atoms with Gasteiger partial charge in [-0.15, -0.1) is 0 Å². The van der Waals surface area contributed by atoms with Crippen molar-refractivity contribution in [1.82, 2.24) is 0 Å². The molecule has 0 heterocycles. The Morgan fingerprint density at radius 2 is 2.27 bits per heavy atom. The molecule has 0 saturated heterocycles. The van der Waals surface area contributed by atoms with Crippen molar-refractivity contribution in [2.75, 3.05) is 0 Å². The topological polar surface area (TPSA) is 52.3 Å². The third kappa shape index (κ3) is 2.92. The molecule has 0 spiro atoms. The van der Waals surface area contributed by atoms with Crippen LogP contribution in [0.5, 0.6) is 0 Å². The van der Waals surface area contributed by atoms with Gasteiger partial charge in [-0.1, -0.05) is 30.8 Å². The van der Waals surface area contributed by atoms with Gasteiger partial charge in [0.1, 0.15) is 6.10 Å². The fourth-order valence-electron chi connectivity index (χ4n) is 1.40. The molecule has 1 unspecified atom stereocenters. The summed E-state index contributed by atoms with van der Waals surface area (Å²) >= 11 is 0. The first-order chi connectivity index (χ1) is 7.19. The molecule has 0 fully saturated rings. The number of ether oxygens (including phenoxy) is 1. The lowest BCUT2D eigenvalue weighted by atomic mass is 10.0. The van der Waals surface area contributed by atoms with Crippen LogP contribution in [0.15, 0.2) is 36.9 Å². The molecule has 0 aliphatic rings. The highest BCUT2D eigenvalue weighted by Crippen LogP contribution is 2.20. The van der Waals surface area contributed by atoms with E-state index in [4.69, 9.17) is 10.5 Å². The summed E-state index contributed by atoms with van der Waals surface area (Å²) < 4.78 is 5.12. The molecule has 0 amide bonds. The van der Waals surface area contributed by atoms with Crippen molar-refractivity contribution in [3.8, 4) is 0 Å². The van der Waals surface area contributed by atoms with Crippen LogP contribution in [-0.4, -0.2) is 5.97 Å². The summed E-state index contributed by atoms with van der Waals surface area (Å²) in [5.41, 5.74) is 7.52. The van der Waals surface area contributed by atoms with Gasteiger partial charge in [0.15, 0.2) is 0 Å². The lowest BCUT2D eigenvalue weighted by Gasteiger charge is -2.15. The van der Waals surface area contributed by atoms with Crippen molar-refractivity contribution in [3.63, 3.8) is 0 Å². The zero-order valence-electron chi connectivity index (χ0n) is 8.77. The maximum atomic E-state index is 11.0. The molecule has 1 rings (SSSR count). The summed E-state index contributed by atoms with van der Waals surface area (Å²) in [6.07, 6.45) is 0.858. The Balaban J connectivity index is 2.85. The molecule has 0 saturated carbocycles. The molecule has 0 aliphatic heterocycles. The van der Waals surface area contributed by atoms with Gasteiger partial charge in [-0.05, 0) is 18.1 Å². The van der Waals surface area contributed by atoms with Gasteiger partial charge in [0.2, 0.25) is 0 Å². The van der Waals surface area contributed by atoms with Gasteiger partial charge in [-0.25, -0.2) is 4.79 Å². The van der Waals surface area contributed by atoms with Gasteiger partial charge in [-0.2, -0.15) is 0 Å². The van der Waals surface area contributed by atoms with Crippen LogP contribution in [0.25, 0.3) is 0 Å². The molecule has 15 heavy (non-hydrogen) atoms. The second-order valence-corrected chi connectivity index (χ2v) is 3.19. The SMILES string of the molecule is C=CC(=O)OC(C)c1ccccc1CN. The minimum Gasteiger partial charge on any atom is -0.455 e.